The van der Waals surface area contributed by atoms with Crippen molar-refractivity contribution in [3.63, 3.8) is 0 Å². The number of urea groups is 1. The quantitative estimate of drug-likeness (QED) is 0.838. The summed E-state index contributed by atoms with van der Waals surface area (Å²) in [5, 5.41) is 5.71. The second kappa shape index (κ2) is 8.66. The van der Waals surface area contributed by atoms with Crippen molar-refractivity contribution >= 4 is 6.03 Å². The summed E-state index contributed by atoms with van der Waals surface area (Å²) in [7, 11) is 0. The number of rotatable bonds is 6. The maximum absolute atomic E-state index is 11.6. The van der Waals surface area contributed by atoms with E-state index in [1.165, 1.54) is 32.1 Å². The summed E-state index contributed by atoms with van der Waals surface area (Å²) < 4.78 is 6.00. The van der Waals surface area contributed by atoms with E-state index in [9.17, 15) is 4.79 Å². The Morgan fingerprint density at radius 1 is 1.14 bits per heavy atom. The van der Waals surface area contributed by atoms with Crippen LogP contribution in [0.15, 0.2) is 24.3 Å². The minimum atomic E-state index is -0.115. The van der Waals surface area contributed by atoms with E-state index in [0.29, 0.717) is 25.1 Å². The minimum absolute atomic E-state index is 0.115. The monoisotopic (exact) mass is 304 g/mol. The highest BCUT2D eigenvalue weighted by atomic mass is 16.5. The van der Waals surface area contributed by atoms with E-state index >= 15 is 0 Å². The second-order valence-corrected chi connectivity index (χ2v) is 6.48. The van der Waals surface area contributed by atoms with E-state index in [2.05, 4.69) is 24.5 Å². The lowest BCUT2D eigenvalue weighted by atomic mass is 9.98. The van der Waals surface area contributed by atoms with Crippen molar-refractivity contribution in [1.29, 1.82) is 0 Å². The van der Waals surface area contributed by atoms with Crippen molar-refractivity contribution in [3.8, 4) is 5.75 Å². The van der Waals surface area contributed by atoms with Crippen LogP contribution < -0.4 is 15.4 Å². The van der Waals surface area contributed by atoms with Gasteiger partial charge in [0.1, 0.15) is 5.75 Å². The first-order chi connectivity index (χ1) is 10.6. The van der Waals surface area contributed by atoms with E-state index < -0.39 is 0 Å². The van der Waals surface area contributed by atoms with Crippen molar-refractivity contribution < 1.29 is 9.53 Å². The Bertz CT molecular complexity index is 451. The van der Waals surface area contributed by atoms with E-state index in [1.54, 1.807) is 0 Å². The van der Waals surface area contributed by atoms with Gasteiger partial charge in [-0.1, -0.05) is 32.4 Å². The summed E-state index contributed by atoms with van der Waals surface area (Å²) in [5.41, 5.74) is 1.08. The number of amides is 2. The van der Waals surface area contributed by atoms with Gasteiger partial charge in [0.05, 0.1) is 6.10 Å². The largest absolute Gasteiger partial charge is 0.490 e. The van der Waals surface area contributed by atoms with E-state index in [4.69, 9.17) is 4.74 Å². The maximum Gasteiger partial charge on any atom is 0.315 e. The molecule has 122 valence electrons. The summed E-state index contributed by atoms with van der Waals surface area (Å²) >= 11 is 0. The van der Waals surface area contributed by atoms with Gasteiger partial charge >= 0.3 is 6.03 Å². The number of ether oxygens (including phenoxy) is 1. The fraction of sp³-hybridized carbons (Fsp3) is 0.611. The molecule has 0 atom stereocenters. The smallest absolute Gasteiger partial charge is 0.315 e. The van der Waals surface area contributed by atoms with Crippen LogP contribution in [0.5, 0.6) is 5.75 Å². The number of carbonyl (C=O) groups excluding carboxylic acids is 1. The Morgan fingerprint density at radius 2 is 1.82 bits per heavy atom. The topological polar surface area (TPSA) is 50.4 Å². The molecule has 0 saturated heterocycles. The Labute approximate surface area is 133 Å². The van der Waals surface area contributed by atoms with Crippen LogP contribution in [-0.4, -0.2) is 18.7 Å². The van der Waals surface area contributed by atoms with Crippen molar-refractivity contribution in [2.24, 2.45) is 5.92 Å². The molecule has 1 saturated carbocycles. The van der Waals surface area contributed by atoms with Crippen LogP contribution in [-0.2, 0) is 6.54 Å². The van der Waals surface area contributed by atoms with Gasteiger partial charge in [0, 0.05) is 13.1 Å². The zero-order chi connectivity index (χ0) is 15.8. The molecular formula is C18H28N2O2. The SMILES string of the molecule is CC(C)CNC(=O)NCc1ccc(OC2CCCCC2)cc1. The first kappa shape index (κ1) is 16.7. The third-order valence-corrected chi connectivity index (χ3v) is 3.90. The van der Waals surface area contributed by atoms with Crippen LogP contribution >= 0.6 is 0 Å². The number of carbonyl (C=O) groups is 1. The average Bonchev–Trinajstić information content (AvgIpc) is 2.53. The predicted molar refractivity (Wildman–Crippen MR) is 89.0 cm³/mol. The highest BCUT2D eigenvalue weighted by Gasteiger charge is 2.14. The molecule has 1 aliphatic carbocycles. The molecule has 0 bridgehead atoms. The summed E-state index contributed by atoms with van der Waals surface area (Å²) in [4.78, 5) is 11.6. The van der Waals surface area contributed by atoms with Gasteiger partial charge in [-0.2, -0.15) is 0 Å². The third kappa shape index (κ3) is 5.96. The fourth-order valence-corrected chi connectivity index (χ4v) is 2.60. The van der Waals surface area contributed by atoms with Gasteiger partial charge in [-0.3, -0.25) is 0 Å². The highest BCUT2D eigenvalue weighted by Crippen LogP contribution is 2.23. The van der Waals surface area contributed by atoms with E-state index in [1.807, 2.05) is 24.3 Å². The molecule has 0 spiro atoms. The lowest BCUT2D eigenvalue weighted by molar-refractivity contribution is 0.155. The van der Waals surface area contributed by atoms with Crippen LogP contribution in [0.1, 0.15) is 51.5 Å². The van der Waals surface area contributed by atoms with Gasteiger partial charge in [0.2, 0.25) is 0 Å². The maximum atomic E-state index is 11.6. The lowest BCUT2D eigenvalue weighted by Crippen LogP contribution is -2.36. The molecule has 2 rings (SSSR count). The van der Waals surface area contributed by atoms with Gasteiger partial charge in [0.25, 0.3) is 0 Å². The van der Waals surface area contributed by atoms with E-state index in [0.717, 1.165) is 11.3 Å². The molecule has 0 aromatic heterocycles. The molecule has 2 N–H and O–H groups in total. The zero-order valence-corrected chi connectivity index (χ0v) is 13.7. The summed E-state index contributed by atoms with van der Waals surface area (Å²) in [6.07, 6.45) is 6.60. The molecule has 1 aromatic rings. The van der Waals surface area contributed by atoms with E-state index in [-0.39, 0.29) is 6.03 Å². The molecule has 0 heterocycles. The molecular weight excluding hydrogens is 276 g/mol. The fourth-order valence-electron chi connectivity index (χ4n) is 2.60. The van der Waals surface area contributed by atoms with Crippen LogP contribution in [0.3, 0.4) is 0 Å². The van der Waals surface area contributed by atoms with Gasteiger partial charge in [-0.25, -0.2) is 4.79 Å². The molecule has 1 aliphatic rings. The number of nitrogens with one attached hydrogen (secondary N) is 2. The van der Waals surface area contributed by atoms with Crippen LogP contribution in [0.4, 0.5) is 4.79 Å². The molecule has 2 amide bonds. The Balaban J connectivity index is 1.73. The summed E-state index contributed by atoms with van der Waals surface area (Å²) in [6.45, 7) is 5.38. The second-order valence-electron chi connectivity index (χ2n) is 6.48. The molecule has 0 unspecified atom stereocenters. The first-order valence-electron chi connectivity index (χ1n) is 8.41. The number of hydrogen-bond acceptors (Lipinski definition) is 2. The molecule has 22 heavy (non-hydrogen) atoms. The Kier molecular flexibility index (Phi) is 6.56. The lowest BCUT2D eigenvalue weighted by Gasteiger charge is -2.23. The zero-order valence-electron chi connectivity index (χ0n) is 13.7. The van der Waals surface area contributed by atoms with Crippen LogP contribution in [0.25, 0.3) is 0 Å². The Hall–Kier alpha value is -1.71. The predicted octanol–water partition coefficient (Wildman–Crippen LogP) is 3.85. The number of hydrogen-bond donors (Lipinski definition) is 2. The molecule has 1 fully saturated rings. The summed E-state index contributed by atoms with van der Waals surface area (Å²) in [5.74, 6) is 1.39. The van der Waals surface area contributed by atoms with Gasteiger partial charge in [-0.05, 0) is 49.3 Å². The normalized spacial score (nSPS) is 15.6. The molecule has 1 aromatic carbocycles. The molecule has 0 aliphatic heterocycles. The molecule has 4 nitrogen and oxygen atoms in total. The Morgan fingerprint density at radius 3 is 2.45 bits per heavy atom. The molecule has 4 heteroatoms. The first-order valence-corrected chi connectivity index (χ1v) is 8.41. The van der Waals surface area contributed by atoms with Crippen molar-refractivity contribution in [2.75, 3.05) is 6.54 Å². The molecule has 0 radical (unpaired) electrons. The van der Waals surface area contributed by atoms with Crippen molar-refractivity contribution in [1.82, 2.24) is 10.6 Å². The third-order valence-electron chi connectivity index (χ3n) is 3.90. The number of benzene rings is 1. The minimum Gasteiger partial charge on any atom is -0.490 e. The van der Waals surface area contributed by atoms with Gasteiger partial charge in [-0.15, -0.1) is 0 Å². The summed E-state index contributed by atoms with van der Waals surface area (Å²) in [6, 6.07) is 7.91. The van der Waals surface area contributed by atoms with Gasteiger partial charge < -0.3 is 15.4 Å². The standard InChI is InChI=1S/C18H28N2O2/c1-14(2)12-19-18(21)20-13-15-8-10-17(11-9-15)22-16-6-4-3-5-7-16/h8-11,14,16H,3-7,12-13H2,1-2H3,(H2,19,20,21). The average molecular weight is 304 g/mol. The highest BCUT2D eigenvalue weighted by molar-refractivity contribution is 5.73. The van der Waals surface area contributed by atoms with Crippen LogP contribution in [0.2, 0.25) is 0 Å². The van der Waals surface area contributed by atoms with Gasteiger partial charge in [0.15, 0.2) is 0 Å². The van der Waals surface area contributed by atoms with Crippen molar-refractivity contribution in [2.45, 2.75) is 58.6 Å². The van der Waals surface area contributed by atoms with Crippen LogP contribution in [0, 0.1) is 5.92 Å². The van der Waals surface area contributed by atoms with Crippen molar-refractivity contribution in [3.05, 3.63) is 29.8 Å².